The van der Waals surface area contributed by atoms with Crippen LogP contribution in [-0.4, -0.2) is 4.57 Å². The van der Waals surface area contributed by atoms with Crippen LogP contribution in [0.1, 0.15) is 22.3 Å². The normalized spacial score (nSPS) is 12.9. The Labute approximate surface area is 389 Å². The highest BCUT2D eigenvalue weighted by atomic mass is 15.1. The average molecular weight is 851 g/mol. The van der Waals surface area contributed by atoms with E-state index in [0.717, 1.165) is 22.6 Å². The number of rotatable bonds is 6. The molecule has 0 bridgehead atoms. The van der Waals surface area contributed by atoms with Gasteiger partial charge in [0, 0.05) is 33.5 Å². The minimum atomic E-state index is -0.439. The Morgan fingerprint density at radius 3 is 1.54 bits per heavy atom. The Morgan fingerprint density at radius 1 is 0.284 bits per heavy atom. The molecule has 0 N–H and O–H groups in total. The summed E-state index contributed by atoms with van der Waals surface area (Å²) in [4.78, 5) is 2.46. The molecule has 2 heteroatoms. The zero-order valence-corrected chi connectivity index (χ0v) is 36.6. The van der Waals surface area contributed by atoms with Crippen LogP contribution in [0, 0.1) is 0 Å². The monoisotopic (exact) mass is 850 g/mol. The van der Waals surface area contributed by atoms with Gasteiger partial charge in [-0.05, 0) is 150 Å². The molecule has 2 nitrogen and oxygen atoms in total. The zero-order valence-electron chi connectivity index (χ0n) is 36.6. The molecule has 2 aliphatic rings. The Kier molecular flexibility index (Phi) is 8.23. The van der Waals surface area contributed by atoms with Crippen LogP contribution in [0.15, 0.2) is 255 Å². The van der Waals surface area contributed by atoms with E-state index in [1.54, 1.807) is 0 Å². The summed E-state index contributed by atoms with van der Waals surface area (Å²) in [6.07, 6.45) is 0. The van der Waals surface area contributed by atoms with Gasteiger partial charge in [-0.25, -0.2) is 0 Å². The average Bonchev–Trinajstić information content (AvgIpc) is 4.00. The number of anilines is 3. The van der Waals surface area contributed by atoms with Crippen LogP contribution in [0.3, 0.4) is 0 Å². The molecule has 0 saturated heterocycles. The molecule has 0 aliphatic heterocycles. The van der Waals surface area contributed by atoms with Crippen LogP contribution in [-0.2, 0) is 5.41 Å². The predicted octanol–water partition coefficient (Wildman–Crippen LogP) is 17.1. The van der Waals surface area contributed by atoms with Crippen LogP contribution >= 0.6 is 0 Å². The first-order valence-electron chi connectivity index (χ1n) is 23.2. The Hall–Kier alpha value is -8.72. The molecule has 312 valence electrons. The van der Waals surface area contributed by atoms with E-state index >= 15 is 0 Å². The molecule has 0 saturated carbocycles. The van der Waals surface area contributed by atoms with Gasteiger partial charge < -0.3 is 9.47 Å². The second-order valence-electron chi connectivity index (χ2n) is 18.0. The molecule has 0 unspecified atom stereocenters. The van der Waals surface area contributed by atoms with Crippen molar-refractivity contribution >= 4 is 49.6 Å². The Bertz CT molecular complexity index is 3880. The van der Waals surface area contributed by atoms with Crippen molar-refractivity contribution in [3.8, 4) is 50.2 Å². The van der Waals surface area contributed by atoms with Crippen molar-refractivity contribution in [2.75, 3.05) is 4.90 Å². The Morgan fingerprint density at radius 2 is 0.806 bits per heavy atom. The molecule has 11 aromatic carbocycles. The standard InChI is InChI=1S/C65H42N2/c1-2-21-49(22-3-1)67-63-31-13-9-27-57(63)58-41-48(33-37-64(58)67)45-19-14-18-44(38-45)47-20-15-23-50(40-47)66(51-34-32-43-16-4-5-17-46(43)39-51)52-35-36-56-55-26-8-12-30-61(55)65(62(56)42-52)59-28-10-6-24-53(59)54-25-7-11-29-60(54)65/h1-42H. The highest BCUT2D eigenvalue weighted by Gasteiger charge is 2.51. The van der Waals surface area contributed by atoms with E-state index in [-0.39, 0.29) is 0 Å². The molecule has 0 atom stereocenters. The lowest BCUT2D eigenvalue weighted by Crippen LogP contribution is -2.26. The largest absolute Gasteiger partial charge is 0.310 e. The molecular weight excluding hydrogens is 809 g/mol. The summed E-state index contributed by atoms with van der Waals surface area (Å²) in [6.45, 7) is 0. The maximum atomic E-state index is 2.49. The SMILES string of the molecule is c1ccc(-n2c3ccccc3c3cc(-c4cccc(-c5cccc(N(c6ccc7c(c6)C6(c8ccccc8-c8ccccc86)c6ccccc6-7)c6ccc7ccccc7c6)c5)c4)ccc32)cc1. The first-order valence-corrected chi connectivity index (χ1v) is 23.2. The number of aromatic nitrogens is 1. The van der Waals surface area contributed by atoms with Crippen LogP contribution in [0.25, 0.3) is 82.8 Å². The second-order valence-corrected chi connectivity index (χ2v) is 18.0. The van der Waals surface area contributed by atoms with Gasteiger partial charge in [-0.3, -0.25) is 0 Å². The quantitative estimate of drug-likeness (QED) is 0.162. The minimum absolute atomic E-state index is 0.439. The third-order valence-corrected chi connectivity index (χ3v) is 14.6. The van der Waals surface area contributed by atoms with E-state index in [1.165, 1.54) is 99.5 Å². The van der Waals surface area contributed by atoms with E-state index < -0.39 is 5.41 Å². The lowest BCUT2D eigenvalue weighted by molar-refractivity contribution is 0.793. The van der Waals surface area contributed by atoms with Crippen molar-refractivity contribution in [2.24, 2.45) is 0 Å². The van der Waals surface area contributed by atoms with E-state index in [1.807, 2.05) is 0 Å². The van der Waals surface area contributed by atoms with Gasteiger partial charge >= 0.3 is 0 Å². The van der Waals surface area contributed by atoms with E-state index in [9.17, 15) is 0 Å². The van der Waals surface area contributed by atoms with Gasteiger partial charge in [0.1, 0.15) is 0 Å². The molecule has 1 heterocycles. The summed E-state index contributed by atoms with van der Waals surface area (Å²) in [5, 5.41) is 4.94. The predicted molar refractivity (Wildman–Crippen MR) is 280 cm³/mol. The number of hydrogen-bond acceptors (Lipinski definition) is 1. The number of para-hydroxylation sites is 2. The van der Waals surface area contributed by atoms with Gasteiger partial charge in [0.2, 0.25) is 0 Å². The third kappa shape index (κ3) is 5.57. The summed E-state index contributed by atoms with van der Waals surface area (Å²) in [7, 11) is 0. The first-order chi connectivity index (χ1) is 33.2. The van der Waals surface area contributed by atoms with Gasteiger partial charge in [0.25, 0.3) is 0 Å². The molecule has 67 heavy (non-hydrogen) atoms. The van der Waals surface area contributed by atoms with Crippen molar-refractivity contribution in [2.45, 2.75) is 5.41 Å². The van der Waals surface area contributed by atoms with Crippen LogP contribution in [0.5, 0.6) is 0 Å². The summed E-state index contributed by atoms with van der Waals surface area (Å²) >= 11 is 0. The van der Waals surface area contributed by atoms with Crippen molar-refractivity contribution in [3.05, 3.63) is 277 Å². The number of fused-ring (bicyclic) bond motifs is 14. The molecule has 1 aromatic heterocycles. The topological polar surface area (TPSA) is 8.17 Å². The van der Waals surface area contributed by atoms with Gasteiger partial charge in [-0.1, -0.05) is 182 Å². The van der Waals surface area contributed by atoms with Crippen LogP contribution < -0.4 is 4.90 Å². The van der Waals surface area contributed by atoms with Crippen molar-refractivity contribution in [1.82, 2.24) is 4.57 Å². The smallest absolute Gasteiger partial charge is 0.0726 e. The molecule has 1 spiro atoms. The highest BCUT2D eigenvalue weighted by Crippen LogP contribution is 2.63. The van der Waals surface area contributed by atoms with Gasteiger partial charge in [-0.15, -0.1) is 0 Å². The highest BCUT2D eigenvalue weighted by molar-refractivity contribution is 6.10. The maximum absolute atomic E-state index is 2.49. The first kappa shape index (κ1) is 37.6. The van der Waals surface area contributed by atoms with Crippen LogP contribution in [0.4, 0.5) is 17.1 Å². The number of hydrogen-bond donors (Lipinski definition) is 0. The minimum Gasteiger partial charge on any atom is -0.310 e. The molecule has 0 fully saturated rings. The molecule has 2 aliphatic carbocycles. The lowest BCUT2D eigenvalue weighted by atomic mass is 9.70. The van der Waals surface area contributed by atoms with E-state index in [0.29, 0.717) is 0 Å². The van der Waals surface area contributed by atoms with Gasteiger partial charge in [0.05, 0.1) is 16.4 Å². The summed E-state index contributed by atoms with van der Waals surface area (Å²) in [6, 6.07) is 94.4. The maximum Gasteiger partial charge on any atom is 0.0726 e. The number of benzene rings is 11. The molecule has 12 aromatic rings. The summed E-state index contributed by atoms with van der Waals surface area (Å²) < 4.78 is 2.38. The zero-order chi connectivity index (χ0) is 44.1. The number of nitrogens with zero attached hydrogens (tertiary/aromatic N) is 2. The lowest BCUT2D eigenvalue weighted by Gasteiger charge is -2.32. The van der Waals surface area contributed by atoms with Gasteiger partial charge in [0.15, 0.2) is 0 Å². The summed E-state index contributed by atoms with van der Waals surface area (Å²) in [5.41, 5.74) is 21.8. The van der Waals surface area contributed by atoms with Gasteiger partial charge in [-0.2, -0.15) is 0 Å². The van der Waals surface area contributed by atoms with Crippen LogP contribution in [0.2, 0.25) is 0 Å². The molecule has 0 radical (unpaired) electrons. The fourth-order valence-electron chi connectivity index (χ4n) is 11.7. The fraction of sp³-hybridized carbons (Fsp3) is 0.0154. The fourth-order valence-corrected chi connectivity index (χ4v) is 11.7. The molecule has 0 amide bonds. The van der Waals surface area contributed by atoms with Crippen molar-refractivity contribution in [3.63, 3.8) is 0 Å². The molecular formula is C65H42N2. The van der Waals surface area contributed by atoms with E-state index in [2.05, 4.69) is 264 Å². The van der Waals surface area contributed by atoms with Crippen molar-refractivity contribution < 1.29 is 0 Å². The summed E-state index contributed by atoms with van der Waals surface area (Å²) in [5.74, 6) is 0. The Balaban J connectivity index is 0.922. The molecule has 14 rings (SSSR count). The van der Waals surface area contributed by atoms with E-state index in [4.69, 9.17) is 0 Å². The third-order valence-electron chi connectivity index (χ3n) is 14.6. The van der Waals surface area contributed by atoms with Crippen molar-refractivity contribution in [1.29, 1.82) is 0 Å². The second kappa shape index (κ2) is 14.7.